The number of hydrogen-bond acceptors (Lipinski definition) is 3. The monoisotopic (exact) mass is 866 g/mol. The first kappa shape index (κ1) is 33.5. The Kier molecular flexibility index (Phi) is 7.08. The number of para-hydroxylation sites is 4. The quantitative estimate of drug-likeness (QED) is 0.163. The highest BCUT2D eigenvalue weighted by molar-refractivity contribution is 6.93. The Morgan fingerprint density at radius 2 is 1.28 bits per heavy atom. The molecule has 1 aliphatic heterocycles. The first-order valence-electron chi connectivity index (χ1n) is 25.4. The van der Waals surface area contributed by atoms with Crippen LogP contribution in [0.5, 0.6) is 11.5 Å². The average molecular weight is 867 g/mol. The number of pyridine rings is 1. The fourth-order valence-corrected chi connectivity index (χ4v) is 13.5. The highest BCUT2D eigenvalue weighted by atomic mass is 28.3. The van der Waals surface area contributed by atoms with E-state index < -0.39 is 32.2 Å². The SMILES string of the molecule is [2H]C([2H])([2H])c1ccc2c(c1)Oc1c(cc(-n3c4ccccc4n4c5ccccc5nc34)c(C([2H])([2H])[2H])c1-c1cc3c(cc1C(C)(C)C)-c1ccccc1-c1cccnc1-c1ccccc1-3)[Si](C)(C)C2(C)C. The van der Waals surface area contributed by atoms with Gasteiger partial charge in [0.25, 0.3) is 0 Å². The van der Waals surface area contributed by atoms with Crippen molar-refractivity contribution in [1.82, 2.24) is 18.9 Å². The Morgan fingerprint density at radius 1 is 0.631 bits per heavy atom. The Hall–Kier alpha value is -7.02. The minimum absolute atomic E-state index is 0.113. The van der Waals surface area contributed by atoms with Crippen LogP contribution in [-0.2, 0) is 10.5 Å². The number of aromatic nitrogens is 4. The van der Waals surface area contributed by atoms with E-state index in [1.54, 1.807) is 12.1 Å². The molecule has 0 atom stereocenters. The molecule has 0 saturated carbocycles. The van der Waals surface area contributed by atoms with Crippen molar-refractivity contribution in [1.29, 1.82) is 0 Å². The van der Waals surface area contributed by atoms with Crippen molar-refractivity contribution in [3.63, 3.8) is 0 Å². The molecule has 3 aromatic heterocycles. The molecule has 4 heterocycles. The molecular formula is C59H52N4OSi. The maximum absolute atomic E-state index is 9.88. The molecule has 6 heteroatoms. The topological polar surface area (TPSA) is 44.4 Å². The largest absolute Gasteiger partial charge is 0.457 e. The van der Waals surface area contributed by atoms with Crippen molar-refractivity contribution in [3.05, 3.63) is 174 Å². The van der Waals surface area contributed by atoms with Gasteiger partial charge in [0.2, 0.25) is 5.78 Å². The summed E-state index contributed by atoms with van der Waals surface area (Å²) in [5.41, 5.74) is 14.4. The third kappa shape index (κ3) is 5.56. The zero-order valence-corrected chi connectivity index (χ0v) is 38.6. The van der Waals surface area contributed by atoms with Gasteiger partial charge in [-0.15, -0.1) is 0 Å². The molecule has 65 heavy (non-hydrogen) atoms. The molecule has 7 aromatic carbocycles. The summed E-state index contributed by atoms with van der Waals surface area (Å²) in [5, 5.41) is 0.365. The van der Waals surface area contributed by atoms with Crippen molar-refractivity contribution in [2.75, 3.05) is 0 Å². The second-order valence-electron chi connectivity index (χ2n) is 19.8. The predicted molar refractivity (Wildman–Crippen MR) is 273 cm³/mol. The summed E-state index contributed by atoms with van der Waals surface area (Å²) in [4.78, 5) is 10.3. The summed E-state index contributed by atoms with van der Waals surface area (Å²) in [7, 11) is -2.91. The minimum Gasteiger partial charge on any atom is -0.457 e. The third-order valence-electron chi connectivity index (χ3n) is 14.7. The summed E-state index contributed by atoms with van der Waals surface area (Å²) in [6, 6.07) is 48.8. The Balaban J connectivity index is 1.31. The lowest BCUT2D eigenvalue weighted by atomic mass is 9.75. The van der Waals surface area contributed by atoms with Crippen LogP contribution in [-0.4, -0.2) is 27.0 Å². The molecule has 0 saturated heterocycles. The van der Waals surface area contributed by atoms with Crippen LogP contribution in [0.25, 0.3) is 89.3 Å². The standard InChI is InChI=1S/C59H52N4OSi/c1-35-28-29-45-52(31-35)64-56-53(65(8,9)59(45,6)7)34-51(63-50-27-17-16-26-49(50)62-48-25-15-14-24-47(48)61-57(62)63)36(2)54(56)44-32-42-39-21-12-13-22-40(39)55-41(23-18-30-60-55)37-19-10-11-20-38(37)43(42)33-46(44)58(3,4)5/h10-34H,1-9H3/i1D3,2D3. The number of nitrogens with zero attached hydrogens (tertiary/aromatic N) is 4. The van der Waals surface area contributed by atoms with Crippen molar-refractivity contribution >= 4 is 41.1 Å². The molecule has 0 N–H and O–H groups in total. The van der Waals surface area contributed by atoms with Crippen molar-refractivity contribution in [3.8, 4) is 73.0 Å². The molecule has 0 unspecified atom stereocenters. The van der Waals surface area contributed by atoms with E-state index in [0.29, 0.717) is 34.1 Å². The molecule has 0 spiro atoms. The summed E-state index contributed by atoms with van der Waals surface area (Å²) in [6.45, 7) is 10.5. The minimum atomic E-state index is -2.91. The Labute approximate surface area is 390 Å². The molecule has 2 aliphatic rings. The number of imidazole rings is 2. The van der Waals surface area contributed by atoms with Crippen LogP contribution in [0.1, 0.15) is 65.1 Å². The van der Waals surface area contributed by atoms with Crippen LogP contribution in [0.2, 0.25) is 13.1 Å². The molecule has 0 radical (unpaired) electrons. The van der Waals surface area contributed by atoms with E-state index in [0.717, 1.165) is 83.0 Å². The van der Waals surface area contributed by atoms with E-state index in [4.69, 9.17) is 18.8 Å². The summed E-state index contributed by atoms with van der Waals surface area (Å²) in [6.07, 6.45) is 1.84. The highest BCUT2D eigenvalue weighted by Crippen LogP contribution is 2.54. The molecule has 5 nitrogen and oxygen atoms in total. The smallest absolute Gasteiger partial charge is 0.220 e. The van der Waals surface area contributed by atoms with E-state index in [-0.39, 0.29) is 11.1 Å². The molecule has 0 fully saturated rings. The van der Waals surface area contributed by atoms with Crippen LogP contribution < -0.4 is 9.92 Å². The lowest BCUT2D eigenvalue weighted by Gasteiger charge is -2.40. The molecule has 1 aliphatic carbocycles. The third-order valence-corrected chi connectivity index (χ3v) is 19.8. The molecule has 318 valence electrons. The average Bonchev–Trinajstić information content (AvgIpc) is 3.85. The molecule has 10 aromatic rings. The maximum Gasteiger partial charge on any atom is 0.220 e. The van der Waals surface area contributed by atoms with Gasteiger partial charge >= 0.3 is 0 Å². The number of rotatable bonds is 2. The van der Waals surface area contributed by atoms with E-state index in [2.05, 4.69) is 119 Å². The van der Waals surface area contributed by atoms with Gasteiger partial charge in [-0.25, -0.2) is 4.98 Å². The number of ether oxygens (including phenoxy) is 1. The Morgan fingerprint density at radius 3 is 2.02 bits per heavy atom. The van der Waals surface area contributed by atoms with Gasteiger partial charge in [-0.05, 0) is 140 Å². The normalized spacial score (nSPS) is 16.4. The summed E-state index contributed by atoms with van der Waals surface area (Å²) >= 11 is 0. The van der Waals surface area contributed by atoms with Crippen molar-refractivity contribution in [2.24, 2.45) is 0 Å². The zero-order chi connectivity index (χ0) is 49.7. The number of hydrogen-bond donors (Lipinski definition) is 0. The number of benzene rings is 7. The van der Waals surface area contributed by atoms with Crippen LogP contribution in [0.4, 0.5) is 0 Å². The Bertz CT molecular complexity index is 3890. The summed E-state index contributed by atoms with van der Waals surface area (Å²) in [5.74, 6) is 1.44. The van der Waals surface area contributed by atoms with Crippen LogP contribution >= 0.6 is 0 Å². The highest BCUT2D eigenvalue weighted by Gasteiger charge is 2.48. The molecule has 12 rings (SSSR count). The first-order valence-corrected chi connectivity index (χ1v) is 25.4. The van der Waals surface area contributed by atoms with Gasteiger partial charge in [-0.3, -0.25) is 14.0 Å². The lowest BCUT2D eigenvalue weighted by Crippen LogP contribution is -2.56. The first-order chi connectivity index (χ1) is 33.7. The van der Waals surface area contributed by atoms with Gasteiger partial charge in [0.15, 0.2) is 0 Å². The van der Waals surface area contributed by atoms with Crippen LogP contribution in [0, 0.1) is 13.7 Å². The fraction of sp³-hybridized carbons (Fsp3) is 0.186. The fourth-order valence-electron chi connectivity index (χ4n) is 10.7. The number of aryl methyl sites for hydroxylation is 1. The zero-order valence-electron chi connectivity index (χ0n) is 43.6. The molecule has 0 amide bonds. The molecule has 0 bridgehead atoms. The van der Waals surface area contributed by atoms with Gasteiger partial charge in [-0.2, -0.15) is 0 Å². The number of fused-ring (bicyclic) bond motifs is 15. The molecular weight excluding hydrogens is 809 g/mol. The second kappa shape index (κ2) is 13.7. The maximum atomic E-state index is 9.88. The predicted octanol–water partition coefficient (Wildman–Crippen LogP) is 14.9. The van der Waals surface area contributed by atoms with Crippen molar-refractivity contribution in [2.45, 2.75) is 71.9 Å². The second-order valence-corrected chi connectivity index (χ2v) is 24.9. The lowest BCUT2D eigenvalue weighted by molar-refractivity contribution is 0.477. The van der Waals surface area contributed by atoms with E-state index in [1.165, 1.54) is 0 Å². The van der Waals surface area contributed by atoms with Gasteiger partial charge in [0.1, 0.15) is 11.5 Å². The summed E-state index contributed by atoms with van der Waals surface area (Å²) < 4.78 is 66.8. The van der Waals surface area contributed by atoms with E-state index >= 15 is 0 Å². The van der Waals surface area contributed by atoms with E-state index in [9.17, 15) is 4.11 Å². The van der Waals surface area contributed by atoms with Gasteiger partial charge in [0.05, 0.1) is 41.5 Å². The van der Waals surface area contributed by atoms with Crippen LogP contribution in [0.15, 0.2) is 152 Å². The van der Waals surface area contributed by atoms with Gasteiger partial charge in [0, 0.05) is 31.1 Å². The van der Waals surface area contributed by atoms with Crippen LogP contribution in [0.3, 0.4) is 0 Å². The van der Waals surface area contributed by atoms with Gasteiger partial charge in [-0.1, -0.05) is 139 Å². The van der Waals surface area contributed by atoms with Crippen molar-refractivity contribution < 1.29 is 13.0 Å². The van der Waals surface area contributed by atoms with Gasteiger partial charge < -0.3 is 4.74 Å². The van der Waals surface area contributed by atoms with E-state index in [1.807, 2.05) is 77.5 Å².